The summed E-state index contributed by atoms with van der Waals surface area (Å²) in [4.78, 5) is 15.8. The van der Waals surface area contributed by atoms with Gasteiger partial charge in [0.05, 0.1) is 18.2 Å². The molecule has 2 rings (SSSR count). The van der Waals surface area contributed by atoms with Gasteiger partial charge in [-0.25, -0.2) is 4.98 Å². The van der Waals surface area contributed by atoms with Crippen molar-refractivity contribution in [2.45, 2.75) is 38.3 Å². The van der Waals surface area contributed by atoms with Crippen molar-refractivity contribution in [2.24, 2.45) is 5.73 Å². The van der Waals surface area contributed by atoms with Gasteiger partial charge in [0.1, 0.15) is 5.01 Å². The minimum Gasteiger partial charge on any atom is -0.353 e. The minimum absolute atomic E-state index is 0.0461. The number of nitrogens with two attached hydrogens (primary N) is 1. The molecule has 15 heavy (non-hydrogen) atoms. The third kappa shape index (κ3) is 3.00. The van der Waals surface area contributed by atoms with Crippen LogP contribution in [0.25, 0.3) is 0 Å². The molecule has 0 radical (unpaired) electrons. The summed E-state index contributed by atoms with van der Waals surface area (Å²) in [7, 11) is 0. The molecule has 1 fully saturated rings. The molecular formula is C10H15N3OS. The van der Waals surface area contributed by atoms with Gasteiger partial charge in [-0.3, -0.25) is 4.79 Å². The van der Waals surface area contributed by atoms with Crippen molar-refractivity contribution in [1.29, 1.82) is 0 Å². The van der Waals surface area contributed by atoms with Crippen molar-refractivity contribution in [1.82, 2.24) is 10.3 Å². The van der Waals surface area contributed by atoms with Crippen molar-refractivity contribution in [3.05, 3.63) is 16.1 Å². The van der Waals surface area contributed by atoms with E-state index >= 15 is 0 Å². The molecule has 5 heteroatoms. The molecule has 1 aliphatic rings. The van der Waals surface area contributed by atoms with Gasteiger partial charge in [-0.15, -0.1) is 11.3 Å². The molecule has 0 spiro atoms. The van der Waals surface area contributed by atoms with E-state index in [0.717, 1.165) is 23.5 Å². The Labute approximate surface area is 92.9 Å². The van der Waals surface area contributed by atoms with Crippen molar-refractivity contribution >= 4 is 17.2 Å². The van der Waals surface area contributed by atoms with Crippen LogP contribution in [0.1, 0.15) is 36.5 Å². The molecule has 0 bridgehead atoms. The van der Waals surface area contributed by atoms with E-state index < -0.39 is 0 Å². The molecule has 1 heterocycles. The Morgan fingerprint density at radius 1 is 1.80 bits per heavy atom. The van der Waals surface area contributed by atoms with Crippen LogP contribution in [-0.4, -0.2) is 16.9 Å². The number of amides is 1. The van der Waals surface area contributed by atoms with Gasteiger partial charge in [0.2, 0.25) is 5.91 Å². The molecule has 1 unspecified atom stereocenters. The monoisotopic (exact) mass is 225 g/mol. The fraction of sp³-hybridized carbons (Fsp3) is 0.600. The quantitative estimate of drug-likeness (QED) is 0.802. The molecule has 1 atom stereocenters. The molecule has 4 nitrogen and oxygen atoms in total. The second-order valence-electron chi connectivity index (χ2n) is 3.98. The van der Waals surface area contributed by atoms with Crippen LogP contribution in [0.4, 0.5) is 0 Å². The van der Waals surface area contributed by atoms with Gasteiger partial charge in [0.15, 0.2) is 0 Å². The number of aromatic nitrogens is 1. The second-order valence-corrected chi connectivity index (χ2v) is 4.87. The first-order chi connectivity index (χ1) is 7.15. The van der Waals surface area contributed by atoms with E-state index in [1.54, 1.807) is 0 Å². The van der Waals surface area contributed by atoms with Gasteiger partial charge >= 0.3 is 0 Å². The van der Waals surface area contributed by atoms with Gasteiger partial charge in [-0.05, 0) is 19.8 Å². The third-order valence-electron chi connectivity index (χ3n) is 2.24. The lowest BCUT2D eigenvalue weighted by atomic mass is 10.3. The van der Waals surface area contributed by atoms with Crippen LogP contribution in [0.15, 0.2) is 5.38 Å². The maximum absolute atomic E-state index is 11.5. The summed E-state index contributed by atoms with van der Waals surface area (Å²) in [5.41, 5.74) is 6.52. The number of nitrogens with one attached hydrogen (secondary N) is 1. The second kappa shape index (κ2) is 4.28. The summed E-state index contributed by atoms with van der Waals surface area (Å²) in [5, 5.41) is 5.74. The number of hydrogen-bond donors (Lipinski definition) is 2. The Morgan fingerprint density at radius 2 is 2.53 bits per heavy atom. The Balaban J connectivity index is 1.88. The predicted octanol–water partition coefficient (Wildman–Crippen LogP) is 0.984. The highest BCUT2D eigenvalue weighted by Crippen LogP contribution is 2.19. The van der Waals surface area contributed by atoms with Gasteiger partial charge in [-0.2, -0.15) is 0 Å². The zero-order valence-electron chi connectivity index (χ0n) is 8.69. The summed E-state index contributed by atoms with van der Waals surface area (Å²) >= 11 is 1.52. The van der Waals surface area contributed by atoms with Crippen molar-refractivity contribution in [2.75, 3.05) is 0 Å². The van der Waals surface area contributed by atoms with Crippen molar-refractivity contribution in [3.8, 4) is 0 Å². The number of carbonyl (C=O) groups excluding carboxylic acids is 1. The van der Waals surface area contributed by atoms with Crippen LogP contribution < -0.4 is 11.1 Å². The smallest absolute Gasteiger partial charge is 0.226 e. The van der Waals surface area contributed by atoms with Crippen LogP contribution in [0.3, 0.4) is 0 Å². The highest BCUT2D eigenvalue weighted by Gasteiger charge is 2.23. The zero-order chi connectivity index (χ0) is 10.8. The standard InChI is InChI=1S/C10H15N3OS/c1-6(11)10-13-8(5-15-10)4-9(14)12-7-2-3-7/h5-7H,2-4,11H2,1H3,(H,12,14). The fourth-order valence-corrected chi connectivity index (χ4v) is 2.06. The van der Waals surface area contributed by atoms with Gasteiger partial charge in [0.25, 0.3) is 0 Å². The summed E-state index contributed by atoms with van der Waals surface area (Å²) in [5.74, 6) is 0.0685. The summed E-state index contributed by atoms with van der Waals surface area (Å²) in [6.45, 7) is 1.90. The lowest BCUT2D eigenvalue weighted by molar-refractivity contribution is -0.120. The molecule has 3 N–H and O–H groups in total. The molecule has 1 aliphatic carbocycles. The molecule has 0 aliphatic heterocycles. The first kappa shape index (κ1) is 10.6. The molecule has 1 saturated carbocycles. The Morgan fingerprint density at radius 3 is 3.07 bits per heavy atom. The van der Waals surface area contributed by atoms with Crippen LogP contribution in [0.2, 0.25) is 0 Å². The van der Waals surface area contributed by atoms with Gasteiger partial charge in [0, 0.05) is 11.4 Å². The van der Waals surface area contributed by atoms with E-state index in [0.29, 0.717) is 12.5 Å². The highest BCUT2D eigenvalue weighted by atomic mass is 32.1. The molecule has 1 aromatic heterocycles. The van der Waals surface area contributed by atoms with Gasteiger partial charge in [-0.1, -0.05) is 0 Å². The topological polar surface area (TPSA) is 68.0 Å². The van der Waals surface area contributed by atoms with Crippen molar-refractivity contribution < 1.29 is 4.79 Å². The zero-order valence-corrected chi connectivity index (χ0v) is 9.51. The number of nitrogens with zero attached hydrogens (tertiary/aromatic N) is 1. The Kier molecular flexibility index (Phi) is 3.02. The SMILES string of the molecule is CC(N)c1nc(CC(=O)NC2CC2)cs1. The van der Waals surface area contributed by atoms with E-state index in [2.05, 4.69) is 10.3 Å². The molecule has 82 valence electrons. The Hall–Kier alpha value is -0.940. The summed E-state index contributed by atoms with van der Waals surface area (Å²) in [6, 6.07) is 0.374. The lowest BCUT2D eigenvalue weighted by Crippen LogP contribution is -2.27. The van der Waals surface area contributed by atoms with E-state index in [1.807, 2.05) is 12.3 Å². The molecule has 1 amide bonds. The van der Waals surface area contributed by atoms with Crippen LogP contribution in [-0.2, 0) is 11.2 Å². The van der Waals surface area contributed by atoms with Crippen LogP contribution >= 0.6 is 11.3 Å². The first-order valence-electron chi connectivity index (χ1n) is 5.14. The maximum Gasteiger partial charge on any atom is 0.226 e. The van der Waals surface area contributed by atoms with E-state index in [1.165, 1.54) is 11.3 Å². The largest absolute Gasteiger partial charge is 0.353 e. The molecular weight excluding hydrogens is 210 g/mol. The van der Waals surface area contributed by atoms with Crippen molar-refractivity contribution in [3.63, 3.8) is 0 Å². The normalized spacial score (nSPS) is 17.5. The number of carbonyl (C=O) groups is 1. The fourth-order valence-electron chi connectivity index (χ4n) is 1.28. The summed E-state index contributed by atoms with van der Waals surface area (Å²) < 4.78 is 0. The lowest BCUT2D eigenvalue weighted by Gasteiger charge is -2.00. The number of hydrogen-bond acceptors (Lipinski definition) is 4. The van der Waals surface area contributed by atoms with E-state index in [4.69, 9.17) is 5.73 Å². The number of thiazole rings is 1. The minimum atomic E-state index is -0.0461. The molecule has 0 saturated heterocycles. The molecule has 1 aromatic rings. The van der Waals surface area contributed by atoms with Crippen LogP contribution in [0.5, 0.6) is 0 Å². The van der Waals surface area contributed by atoms with E-state index in [-0.39, 0.29) is 11.9 Å². The predicted molar refractivity (Wildman–Crippen MR) is 59.6 cm³/mol. The Bertz CT molecular complexity index is 357. The average Bonchev–Trinajstić information content (AvgIpc) is 2.82. The summed E-state index contributed by atoms with van der Waals surface area (Å²) in [6.07, 6.45) is 2.61. The number of rotatable bonds is 4. The maximum atomic E-state index is 11.5. The van der Waals surface area contributed by atoms with Gasteiger partial charge < -0.3 is 11.1 Å². The average molecular weight is 225 g/mol. The van der Waals surface area contributed by atoms with Crippen LogP contribution in [0, 0.1) is 0 Å². The van der Waals surface area contributed by atoms with E-state index in [9.17, 15) is 4.79 Å². The highest BCUT2D eigenvalue weighted by molar-refractivity contribution is 7.09. The first-order valence-corrected chi connectivity index (χ1v) is 6.02. The molecule has 0 aromatic carbocycles. The third-order valence-corrected chi connectivity index (χ3v) is 3.34.